The second-order valence-electron chi connectivity index (χ2n) is 7.74. The number of para-hydroxylation sites is 3. The molecule has 0 spiro atoms. The highest BCUT2D eigenvalue weighted by atomic mass is 16.3. The molecule has 4 heteroatoms. The topological polar surface area (TPSA) is 35.9 Å². The van der Waals surface area contributed by atoms with Gasteiger partial charge in [-0.05, 0) is 36.4 Å². The lowest BCUT2D eigenvalue weighted by Gasteiger charge is -2.12. The molecule has 0 fully saturated rings. The summed E-state index contributed by atoms with van der Waals surface area (Å²) in [7, 11) is 0. The SMILES string of the molecule is c1ccc(-n2c3ccccc3c3c4ccccc4n(-c4ccc5ncoc5c4)c32)cc1. The second-order valence-corrected chi connectivity index (χ2v) is 7.74. The largest absolute Gasteiger partial charge is 0.443 e. The zero-order chi connectivity index (χ0) is 20.4. The van der Waals surface area contributed by atoms with Gasteiger partial charge in [-0.3, -0.25) is 9.13 Å². The predicted molar refractivity (Wildman–Crippen MR) is 125 cm³/mol. The van der Waals surface area contributed by atoms with Gasteiger partial charge in [-0.1, -0.05) is 54.6 Å². The Labute approximate surface area is 177 Å². The van der Waals surface area contributed by atoms with Crippen molar-refractivity contribution in [2.24, 2.45) is 0 Å². The lowest BCUT2D eigenvalue weighted by molar-refractivity contribution is 0.602. The third-order valence-electron chi connectivity index (χ3n) is 6.06. The summed E-state index contributed by atoms with van der Waals surface area (Å²) in [5.41, 5.74) is 7.34. The first-order valence-electron chi connectivity index (χ1n) is 10.3. The molecule has 0 bridgehead atoms. The van der Waals surface area contributed by atoms with Crippen LogP contribution in [0.4, 0.5) is 0 Å². The number of nitrogens with zero attached hydrogens (tertiary/aromatic N) is 3. The summed E-state index contributed by atoms with van der Waals surface area (Å²) >= 11 is 0. The molecule has 0 saturated carbocycles. The highest BCUT2D eigenvalue weighted by molar-refractivity contribution is 6.22. The average Bonchev–Trinajstić information content (AvgIpc) is 3.51. The van der Waals surface area contributed by atoms with Gasteiger partial charge in [0.1, 0.15) is 11.2 Å². The smallest absolute Gasteiger partial charge is 0.181 e. The van der Waals surface area contributed by atoms with Crippen LogP contribution >= 0.6 is 0 Å². The summed E-state index contributed by atoms with van der Waals surface area (Å²) < 4.78 is 10.3. The second kappa shape index (κ2) is 6.09. The van der Waals surface area contributed by atoms with Crippen molar-refractivity contribution in [1.82, 2.24) is 14.1 Å². The maximum atomic E-state index is 5.62. The Morgan fingerprint density at radius 2 is 1.26 bits per heavy atom. The molecule has 0 radical (unpaired) electrons. The van der Waals surface area contributed by atoms with Gasteiger partial charge in [-0.15, -0.1) is 0 Å². The van der Waals surface area contributed by atoms with Crippen LogP contribution in [0.25, 0.3) is 55.3 Å². The van der Waals surface area contributed by atoms with Crippen LogP contribution in [0.1, 0.15) is 0 Å². The monoisotopic (exact) mass is 399 g/mol. The fourth-order valence-corrected chi connectivity index (χ4v) is 4.78. The molecular formula is C27H17N3O. The van der Waals surface area contributed by atoms with Crippen LogP contribution in [0.15, 0.2) is 108 Å². The Hall–Kier alpha value is -4.31. The van der Waals surface area contributed by atoms with E-state index in [4.69, 9.17) is 4.42 Å². The Morgan fingerprint density at radius 3 is 2.00 bits per heavy atom. The molecule has 0 amide bonds. The molecule has 4 nitrogen and oxygen atoms in total. The zero-order valence-electron chi connectivity index (χ0n) is 16.6. The van der Waals surface area contributed by atoms with Gasteiger partial charge in [0.15, 0.2) is 12.0 Å². The lowest BCUT2D eigenvalue weighted by atomic mass is 10.1. The van der Waals surface area contributed by atoms with E-state index in [1.54, 1.807) is 0 Å². The summed E-state index contributed by atoms with van der Waals surface area (Å²) in [4.78, 5) is 4.28. The summed E-state index contributed by atoms with van der Waals surface area (Å²) in [5, 5.41) is 3.74. The number of hydrogen-bond acceptors (Lipinski definition) is 2. The van der Waals surface area contributed by atoms with Crippen molar-refractivity contribution in [2.45, 2.75) is 0 Å². The molecule has 146 valence electrons. The number of hydrogen-bond donors (Lipinski definition) is 0. The van der Waals surface area contributed by atoms with E-state index in [9.17, 15) is 0 Å². The first-order chi connectivity index (χ1) is 15.4. The Balaban J connectivity index is 1.74. The summed E-state index contributed by atoms with van der Waals surface area (Å²) in [5.74, 6) is 0. The Bertz CT molecular complexity index is 1730. The van der Waals surface area contributed by atoms with Gasteiger partial charge in [-0.25, -0.2) is 4.98 Å². The van der Waals surface area contributed by atoms with Crippen LogP contribution in [0.5, 0.6) is 0 Å². The Kier molecular flexibility index (Phi) is 3.24. The molecule has 7 aromatic rings. The molecule has 3 aromatic heterocycles. The van der Waals surface area contributed by atoms with Crippen molar-refractivity contribution >= 4 is 43.9 Å². The first kappa shape index (κ1) is 16.5. The van der Waals surface area contributed by atoms with Crippen molar-refractivity contribution in [2.75, 3.05) is 0 Å². The van der Waals surface area contributed by atoms with Crippen molar-refractivity contribution < 1.29 is 4.42 Å². The van der Waals surface area contributed by atoms with Gasteiger partial charge in [-0.2, -0.15) is 0 Å². The summed E-state index contributed by atoms with van der Waals surface area (Å²) in [6, 6.07) is 34.0. The highest BCUT2D eigenvalue weighted by Crippen LogP contribution is 2.40. The quantitative estimate of drug-likeness (QED) is 0.318. The van der Waals surface area contributed by atoms with Crippen LogP contribution in [-0.2, 0) is 0 Å². The average molecular weight is 399 g/mol. The van der Waals surface area contributed by atoms with E-state index in [1.807, 2.05) is 6.07 Å². The molecule has 0 aliphatic rings. The number of rotatable bonds is 2. The fourth-order valence-electron chi connectivity index (χ4n) is 4.78. The van der Waals surface area contributed by atoms with E-state index in [1.165, 1.54) is 33.6 Å². The third kappa shape index (κ3) is 2.21. The van der Waals surface area contributed by atoms with Crippen molar-refractivity contribution in [1.29, 1.82) is 0 Å². The minimum Gasteiger partial charge on any atom is -0.443 e. The summed E-state index contributed by atoms with van der Waals surface area (Å²) in [6.07, 6.45) is 1.50. The van der Waals surface area contributed by atoms with E-state index < -0.39 is 0 Å². The molecule has 0 aliphatic heterocycles. The molecule has 31 heavy (non-hydrogen) atoms. The molecule has 0 saturated heterocycles. The van der Waals surface area contributed by atoms with E-state index >= 15 is 0 Å². The van der Waals surface area contributed by atoms with Crippen molar-refractivity contribution in [3.05, 3.63) is 103 Å². The molecule has 0 aliphatic carbocycles. The van der Waals surface area contributed by atoms with E-state index in [0.29, 0.717) is 0 Å². The van der Waals surface area contributed by atoms with Crippen LogP contribution < -0.4 is 0 Å². The van der Waals surface area contributed by atoms with E-state index in [-0.39, 0.29) is 0 Å². The molecule has 0 N–H and O–H groups in total. The molecule has 4 aromatic carbocycles. The molecular weight excluding hydrogens is 382 g/mol. The van der Waals surface area contributed by atoms with Gasteiger partial charge < -0.3 is 4.42 Å². The Morgan fingerprint density at radius 1 is 0.613 bits per heavy atom. The highest BCUT2D eigenvalue weighted by Gasteiger charge is 2.21. The molecule has 0 unspecified atom stereocenters. The van der Waals surface area contributed by atoms with Crippen LogP contribution in [0.2, 0.25) is 0 Å². The molecule has 0 atom stereocenters. The summed E-state index contributed by atoms with van der Waals surface area (Å²) in [6.45, 7) is 0. The van der Waals surface area contributed by atoms with Crippen LogP contribution in [0.3, 0.4) is 0 Å². The lowest BCUT2D eigenvalue weighted by Crippen LogP contribution is -2.01. The number of oxazole rings is 1. The van der Waals surface area contributed by atoms with Crippen LogP contribution in [0, 0.1) is 0 Å². The maximum Gasteiger partial charge on any atom is 0.181 e. The minimum atomic E-state index is 0.783. The normalized spacial score (nSPS) is 11.9. The van der Waals surface area contributed by atoms with Gasteiger partial charge >= 0.3 is 0 Å². The first-order valence-corrected chi connectivity index (χ1v) is 10.3. The maximum absolute atomic E-state index is 5.62. The van der Waals surface area contributed by atoms with Gasteiger partial charge in [0, 0.05) is 27.9 Å². The van der Waals surface area contributed by atoms with Gasteiger partial charge in [0.25, 0.3) is 0 Å². The van der Waals surface area contributed by atoms with Crippen molar-refractivity contribution in [3.63, 3.8) is 0 Å². The van der Waals surface area contributed by atoms with Crippen molar-refractivity contribution in [3.8, 4) is 11.4 Å². The van der Waals surface area contributed by atoms with Gasteiger partial charge in [0.2, 0.25) is 0 Å². The molecule has 7 rings (SSSR count). The third-order valence-corrected chi connectivity index (χ3v) is 6.06. The zero-order valence-corrected chi connectivity index (χ0v) is 16.6. The standard InChI is InChI=1S/C27H17N3O/c1-2-8-18(9-3-1)29-23-12-6-4-10-20(23)26-21-11-5-7-13-24(21)30(27(26)29)19-14-15-22-25(16-19)31-17-28-22/h1-17H. The van der Waals surface area contributed by atoms with Gasteiger partial charge in [0.05, 0.1) is 16.7 Å². The van der Waals surface area contributed by atoms with E-state index in [0.717, 1.165) is 28.1 Å². The van der Waals surface area contributed by atoms with Crippen LogP contribution in [-0.4, -0.2) is 14.1 Å². The fraction of sp³-hybridized carbons (Fsp3) is 0. The molecule has 3 heterocycles. The number of aromatic nitrogens is 3. The number of fused-ring (bicyclic) bond motifs is 6. The minimum absolute atomic E-state index is 0.783. The number of benzene rings is 4. The van der Waals surface area contributed by atoms with E-state index in [2.05, 4.69) is 105 Å². The predicted octanol–water partition coefficient (Wildman–Crippen LogP) is 6.87.